The zero-order valence-electron chi connectivity index (χ0n) is 10.9. The standard InChI is InChI=1S/C13H20N4S/c1-9-8-10(6-7-17(9)2)15-12-5-3-4-11(16-12)13(14)18/h3-5,9-10H,6-8H2,1-2H3,(H2,14,18)(H,15,16). The molecule has 0 radical (unpaired) electrons. The summed E-state index contributed by atoms with van der Waals surface area (Å²) in [7, 11) is 2.17. The molecular weight excluding hydrogens is 244 g/mol. The summed E-state index contributed by atoms with van der Waals surface area (Å²) >= 11 is 4.94. The number of anilines is 1. The summed E-state index contributed by atoms with van der Waals surface area (Å²) in [4.78, 5) is 7.15. The smallest absolute Gasteiger partial charge is 0.126 e. The number of nitrogens with two attached hydrogens (primary N) is 1. The molecule has 2 atom stereocenters. The highest BCUT2D eigenvalue weighted by Crippen LogP contribution is 2.19. The van der Waals surface area contributed by atoms with Crippen LogP contribution in [-0.4, -0.2) is 40.5 Å². The Labute approximate surface area is 114 Å². The second-order valence-corrected chi connectivity index (χ2v) is 5.41. The third kappa shape index (κ3) is 3.17. The van der Waals surface area contributed by atoms with Crippen molar-refractivity contribution in [2.24, 2.45) is 5.73 Å². The van der Waals surface area contributed by atoms with Gasteiger partial charge in [-0.3, -0.25) is 0 Å². The van der Waals surface area contributed by atoms with Gasteiger partial charge < -0.3 is 16.0 Å². The van der Waals surface area contributed by atoms with Crippen LogP contribution in [0, 0.1) is 0 Å². The molecule has 0 spiro atoms. The monoisotopic (exact) mass is 264 g/mol. The fourth-order valence-corrected chi connectivity index (χ4v) is 2.40. The number of aromatic nitrogens is 1. The van der Waals surface area contributed by atoms with Gasteiger partial charge in [-0.05, 0) is 38.9 Å². The van der Waals surface area contributed by atoms with Crippen molar-refractivity contribution in [2.45, 2.75) is 31.8 Å². The molecule has 0 aromatic carbocycles. The number of likely N-dealkylation sites (tertiary alicyclic amines) is 1. The molecular formula is C13H20N4S. The van der Waals surface area contributed by atoms with E-state index in [-0.39, 0.29) is 0 Å². The number of nitrogens with one attached hydrogen (secondary N) is 1. The van der Waals surface area contributed by atoms with Crippen molar-refractivity contribution in [3.63, 3.8) is 0 Å². The highest BCUT2D eigenvalue weighted by Gasteiger charge is 2.22. The third-order valence-corrected chi connectivity index (χ3v) is 3.77. The summed E-state index contributed by atoms with van der Waals surface area (Å²) in [5, 5.41) is 3.47. The lowest BCUT2D eigenvalue weighted by Gasteiger charge is -2.35. The van der Waals surface area contributed by atoms with E-state index in [1.807, 2.05) is 18.2 Å². The van der Waals surface area contributed by atoms with E-state index in [1.165, 1.54) is 0 Å². The van der Waals surface area contributed by atoms with Gasteiger partial charge in [0.25, 0.3) is 0 Å². The minimum atomic E-state index is 0.343. The molecule has 4 nitrogen and oxygen atoms in total. The summed E-state index contributed by atoms with van der Waals surface area (Å²) in [5.74, 6) is 0.863. The minimum absolute atomic E-state index is 0.343. The highest BCUT2D eigenvalue weighted by atomic mass is 32.1. The summed E-state index contributed by atoms with van der Waals surface area (Å²) < 4.78 is 0. The molecule has 18 heavy (non-hydrogen) atoms. The predicted octanol–water partition coefficient (Wildman–Crippen LogP) is 1.61. The zero-order chi connectivity index (χ0) is 13.1. The van der Waals surface area contributed by atoms with Gasteiger partial charge in [0.1, 0.15) is 10.8 Å². The van der Waals surface area contributed by atoms with Gasteiger partial charge in [-0.15, -0.1) is 0 Å². The van der Waals surface area contributed by atoms with Gasteiger partial charge >= 0.3 is 0 Å². The number of nitrogens with zero attached hydrogens (tertiary/aromatic N) is 2. The molecule has 1 aromatic rings. The van der Waals surface area contributed by atoms with Gasteiger partial charge in [-0.1, -0.05) is 18.3 Å². The molecule has 2 heterocycles. The van der Waals surface area contributed by atoms with Gasteiger partial charge in [-0.25, -0.2) is 4.98 Å². The minimum Gasteiger partial charge on any atom is -0.388 e. The topological polar surface area (TPSA) is 54.2 Å². The molecule has 1 aliphatic rings. The molecule has 1 aromatic heterocycles. The van der Waals surface area contributed by atoms with Gasteiger partial charge in [0.15, 0.2) is 0 Å². The maximum Gasteiger partial charge on any atom is 0.126 e. The van der Waals surface area contributed by atoms with Crippen LogP contribution >= 0.6 is 12.2 Å². The maximum absolute atomic E-state index is 5.59. The largest absolute Gasteiger partial charge is 0.388 e. The van der Waals surface area contributed by atoms with Gasteiger partial charge in [0.2, 0.25) is 0 Å². The van der Waals surface area contributed by atoms with Crippen molar-refractivity contribution in [1.29, 1.82) is 0 Å². The number of piperidine rings is 1. The first-order valence-corrected chi connectivity index (χ1v) is 6.70. The molecule has 0 bridgehead atoms. The molecule has 1 aliphatic heterocycles. The van der Waals surface area contributed by atoms with Crippen LogP contribution in [0.25, 0.3) is 0 Å². The highest BCUT2D eigenvalue weighted by molar-refractivity contribution is 7.80. The molecule has 0 saturated carbocycles. The van der Waals surface area contributed by atoms with Crippen molar-refractivity contribution in [1.82, 2.24) is 9.88 Å². The van der Waals surface area contributed by atoms with E-state index in [1.54, 1.807) is 0 Å². The van der Waals surface area contributed by atoms with Gasteiger partial charge in [0.05, 0.1) is 5.69 Å². The first-order valence-electron chi connectivity index (χ1n) is 6.30. The number of pyridine rings is 1. The zero-order valence-corrected chi connectivity index (χ0v) is 11.7. The lowest BCUT2D eigenvalue weighted by atomic mass is 9.99. The second-order valence-electron chi connectivity index (χ2n) is 4.97. The lowest BCUT2D eigenvalue weighted by molar-refractivity contribution is 0.190. The van der Waals surface area contributed by atoms with Crippen molar-refractivity contribution < 1.29 is 0 Å². The van der Waals surface area contributed by atoms with Crippen LogP contribution in [0.3, 0.4) is 0 Å². The van der Waals surface area contributed by atoms with E-state index in [0.717, 1.165) is 25.2 Å². The average molecular weight is 264 g/mol. The Morgan fingerprint density at radius 3 is 3.00 bits per heavy atom. The van der Waals surface area contributed by atoms with Gasteiger partial charge in [0, 0.05) is 18.6 Å². The Morgan fingerprint density at radius 2 is 2.33 bits per heavy atom. The Morgan fingerprint density at radius 1 is 1.56 bits per heavy atom. The van der Waals surface area contributed by atoms with E-state index < -0.39 is 0 Å². The lowest BCUT2D eigenvalue weighted by Crippen LogP contribution is -2.42. The molecule has 1 fully saturated rings. The average Bonchev–Trinajstić information content (AvgIpc) is 2.34. The van der Waals surface area contributed by atoms with E-state index in [2.05, 4.69) is 29.2 Å². The Kier molecular flexibility index (Phi) is 4.14. The predicted molar refractivity (Wildman–Crippen MR) is 78.9 cm³/mol. The maximum atomic E-state index is 5.59. The van der Waals surface area contributed by atoms with Crippen molar-refractivity contribution >= 4 is 23.0 Å². The first-order chi connectivity index (χ1) is 8.56. The van der Waals surface area contributed by atoms with Crippen LogP contribution in [0.1, 0.15) is 25.5 Å². The number of rotatable bonds is 3. The molecule has 98 valence electrons. The fraction of sp³-hybridized carbons (Fsp3) is 0.538. The number of hydrogen-bond acceptors (Lipinski definition) is 4. The van der Waals surface area contributed by atoms with Crippen molar-refractivity contribution in [3.8, 4) is 0 Å². The Hall–Kier alpha value is -1.20. The molecule has 1 saturated heterocycles. The number of thiocarbonyl (C=S) groups is 1. The fourth-order valence-electron chi connectivity index (χ4n) is 2.28. The second kappa shape index (κ2) is 5.63. The summed E-state index contributed by atoms with van der Waals surface area (Å²) in [6.45, 7) is 3.38. The van der Waals surface area contributed by atoms with Crippen LogP contribution in [-0.2, 0) is 0 Å². The normalized spacial score (nSPS) is 24.8. The molecule has 0 amide bonds. The van der Waals surface area contributed by atoms with Crippen molar-refractivity contribution in [3.05, 3.63) is 23.9 Å². The van der Waals surface area contributed by atoms with Crippen LogP contribution in [0.15, 0.2) is 18.2 Å². The quantitative estimate of drug-likeness (QED) is 0.812. The molecule has 5 heteroatoms. The van der Waals surface area contributed by atoms with Crippen LogP contribution < -0.4 is 11.1 Å². The Balaban J connectivity index is 2.01. The SMILES string of the molecule is CC1CC(Nc2cccc(C(N)=S)n2)CCN1C. The van der Waals surface area contributed by atoms with E-state index in [4.69, 9.17) is 18.0 Å². The summed E-state index contributed by atoms with van der Waals surface area (Å²) in [5.41, 5.74) is 6.27. The van der Waals surface area contributed by atoms with E-state index in [9.17, 15) is 0 Å². The van der Waals surface area contributed by atoms with E-state index in [0.29, 0.717) is 22.8 Å². The van der Waals surface area contributed by atoms with Crippen LogP contribution in [0.4, 0.5) is 5.82 Å². The van der Waals surface area contributed by atoms with Crippen LogP contribution in [0.2, 0.25) is 0 Å². The molecule has 2 unspecified atom stereocenters. The van der Waals surface area contributed by atoms with Gasteiger partial charge in [-0.2, -0.15) is 0 Å². The summed E-state index contributed by atoms with van der Waals surface area (Å²) in [6.07, 6.45) is 2.27. The molecule has 3 N–H and O–H groups in total. The summed E-state index contributed by atoms with van der Waals surface area (Å²) in [6, 6.07) is 6.82. The number of hydrogen-bond donors (Lipinski definition) is 2. The molecule has 0 aliphatic carbocycles. The van der Waals surface area contributed by atoms with Crippen LogP contribution in [0.5, 0.6) is 0 Å². The Bertz CT molecular complexity index is 435. The molecule has 2 rings (SSSR count). The first kappa shape index (κ1) is 13.2. The van der Waals surface area contributed by atoms with E-state index >= 15 is 0 Å². The third-order valence-electron chi connectivity index (χ3n) is 3.56. The van der Waals surface area contributed by atoms with Crippen molar-refractivity contribution in [2.75, 3.05) is 18.9 Å².